The van der Waals surface area contributed by atoms with E-state index in [1.165, 1.54) is 0 Å². The van der Waals surface area contributed by atoms with Crippen molar-refractivity contribution in [3.8, 4) is 0 Å². The molecule has 0 saturated carbocycles. The van der Waals surface area contributed by atoms with Gasteiger partial charge in [0.2, 0.25) is 0 Å². The van der Waals surface area contributed by atoms with Gasteiger partial charge in [0.05, 0.1) is 12.1 Å². The summed E-state index contributed by atoms with van der Waals surface area (Å²) >= 11 is 0. The fourth-order valence-corrected chi connectivity index (χ4v) is 1.84. The number of ether oxygens (including phenoxy) is 1. The Hall–Kier alpha value is -1.29. The van der Waals surface area contributed by atoms with Crippen molar-refractivity contribution >= 4 is 6.09 Å². The van der Waals surface area contributed by atoms with Crippen LogP contribution in [0, 0.1) is 0 Å². The Morgan fingerprint density at radius 1 is 1.56 bits per heavy atom. The van der Waals surface area contributed by atoms with Gasteiger partial charge in [0.1, 0.15) is 5.60 Å². The standard InChI is InChI=1S/C14H23NO3/c1-5-6-9-15(11-7-8-12(16)10-11)13(17)18-14(2,3)4/h5,7-8,11-12,16H,1,6,9-10H2,2-4H3/t11-,12+/m0/s1. The normalized spacial score (nSPS) is 22.9. The Labute approximate surface area is 109 Å². The van der Waals surface area contributed by atoms with Crippen LogP contribution in [0.1, 0.15) is 33.6 Å². The Morgan fingerprint density at radius 2 is 2.22 bits per heavy atom. The SMILES string of the molecule is C=CCCN(C(=O)OC(C)(C)C)[C@H]1C=C[C@@H](O)C1. The van der Waals surface area contributed by atoms with Crippen molar-refractivity contribution < 1.29 is 14.6 Å². The van der Waals surface area contributed by atoms with E-state index in [1.54, 1.807) is 17.1 Å². The van der Waals surface area contributed by atoms with E-state index in [0.29, 0.717) is 19.4 Å². The molecule has 0 radical (unpaired) electrons. The van der Waals surface area contributed by atoms with Gasteiger partial charge in [-0.15, -0.1) is 6.58 Å². The maximum Gasteiger partial charge on any atom is 0.410 e. The Balaban J connectivity index is 2.68. The van der Waals surface area contributed by atoms with Crippen LogP contribution < -0.4 is 0 Å². The molecule has 1 rings (SSSR count). The topological polar surface area (TPSA) is 49.8 Å². The van der Waals surface area contributed by atoms with Crippen LogP contribution in [0.4, 0.5) is 4.79 Å². The summed E-state index contributed by atoms with van der Waals surface area (Å²) in [6.45, 7) is 9.75. The van der Waals surface area contributed by atoms with Crippen molar-refractivity contribution in [3.05, 3.63) is 24.8 Å². The molecule has 0 spiro atoms. The minimum Gasteiger partial charge on any atom is -0.444 e. The van der Waals surface area contributed by atoms with Gasteiger partial charge in [0.15, 0.2) is 0 Å². The number of rotatable bonds is 4. The van der Waals surface area contributed by atoms with Crippen LogP contribution in [-0.4, -0.2) is 40.4 Å². The second kappa shape index (κ2) is 6.05. The average Bonchev–Trinajstić information content (AvgIpc) is 2.63. The predicted molar refractivity (Wildman–Crippen MR) is 71.3 cm³/mol. The molecule has 4 heteroatoms. The van der Waals surface area contributed by atoms with E-state index in [4.69, 9.17) is 4.74 Å². The third kappa shape index (κ3) is 4.53. The number of hydrogen-bond donors (Lipinski definition) is 1. The molecular weight excluding hydrogens is 230 g/mol. The highest BCUT2D eigenvalue weighted by Crippen LogP contribution is 2.20. The molecule has 0 bridgehead atoms. The van der Waals surface area contributed by atoms with Crippen molar-refractivity contribution in [2.45, 2.75) is 51.4 Å². The molecular formula is C14H23NO3. The van der Waals surface area contributed by atoms with Crippen molar-refractivity contribution in [2.75, 3.05) is 6.54 Å². The second-order valence-electron chi connectivity index (χ2n) is 5.51. The smallest absolute Gasteiger partial charge is 0.410 e. The van der Waals surface area contributed by atoms with Crippen molar-refractivity contribution in [1.82, 2.24) is 4.90 Å². The zero-order valence-electron chi connectivity index (χ0n) is 11.4. The molecule has 0 aromatic rings. The minimum absolute atomic E-state index is 0.0881. The molecule has 0 saturated heterocycles. The first-order valence-electron chi connectivity index (χ1n) is 6.30. The lowest BCUT2D eigenvalue weighted by Crippen LogP contribution is -2.43. The van der Waals surface area contributed by atoms with Crippen molar-refractivity contribution in [3.63, 3.8) is 0 Å². The number of carbonyl (C=O) groups excluding carboxylic acids is 1. The fraction of sp³-hybridized carbons (Fsp3) is 0.643. The van der Waals surface area contributed by atoms with Crippen LogP contribution in [0.5, 0.6) is 0 Å². The first-order valence-corrected chi connectivity index (χ1v) is 6.30. The van der Waals surface area contributed by atoms with E-state index in [0.717, 1.165) is 0 Å². The lowest BCUT2D eigenvalue weighted by Gasteiger charge is -2.30. The van der Waals surface area contributed by atoms with Gasteiger partial charge in [-0.25, -0.2) is 4.79 Å². The molecule has 102 valence electrons. The van der Waals surface area contributed by atoms with E-state index in [2.05, 4.69) is 6.58 Å². The fourth-order valence-electron chi connectivity index (χ4n) is 1.84. The Morgan fingerprint density at radius 3 is 2.67 bits per heavy atom. The second-order valence-corrected chi connectivity index (χ2v) is 5.51. The summed E-state index contributed by atoms with van der Waals surface area (Å²) in [6, 6.07) is -0.0881. The average molecular weight is 253 g/mol. The molecule has 18 heavy (non-hydrogen) atoms. The minimum atomic E-state index is -0.509. The van der Waals surface area contributed by atoms with Gasteiger partial charge in [0, 0.05) is 13.0 Å². The summed E-state index contributed by atoms with van der Waals surface area (Å²) in [5, 5.41) is 9.50. The summed E-state index contributed by atoms with van der Waals surface area (Å²) < 4.78 is 5.38. The maximum atomic E-state index is 12.1. The van der Waals surface area contributed by atoms with Crippen LogP contribution in [0.15, 0.2) is 24.8 Å². The summed E-state index contributed by atoms with van der Waals surface area (Å²) in [6.07, 6.45) is 5.78. The molecule has 0 aromatic carbocycles. The summed E-state index contributed by atoms with van der Waals surface area (Å²) in [7, 11) is 0. The van der Waals surface area contributed by atoms with E-state index in [1.807, 2.05) is 26.8 Å². The zero-order valence-corrected chi connectivity index (χ0v) is 11.4. The third-order valence-corrected chi connectivity index (χ3v) is 2.64. The van der Waals surface area contributed by atoms with Gasteiger partial charge in [0.25, 0.3) is 0 Å². The lowest BCUT2D eigenvalue weighted by atomic mass is 10.2. The van der Waals surface area contributed by atoms with Crippen molar-refractivity contribution in [2.24, 2.45) is 0 Å². The third-order valence-electron chi connectivity index (χ3n) is 2.64. The van der Waals surface area contributed by atoms with Gasteiger partial charge in [-0.05, 0) is 27.2 Å². The van der Waals surface area contributed by atoms with Crippen molar-refractivity contribution in [1.29, 1.82) is 0 Å². The number of nitrogens with zero attached hydrogens (tertiary/aromatic N) is 1. The van der Waals surface area contributed by atoms with Crippen LogP contribution in [0.2, 0.25) is 0 Å². The number of aliphatic hydroxyl groups excluding tert-OH is 1. The van der Waals surface area contributed by atoms with Crippen LogP contribution in [0.3, 0.4) is 0 Å². The summed E-state index contributed by atoms with van der Waals surface area (Å²) in [5.74, 6) is 0. The zero-order chi connectivity index (χ0) is 13.8. The lowest BCUT2D eigenvalue weighted by molar-refractivity contribution is 0.0185. The van der Waals surface area contributed by atoms with E-state index < -0.39 is 11.7 Å². The van der Waals surface area contributed by atoms with Gasteiger partial charge >= 0.3 is 6.09 Å². The highest BCUT2D eigenvalue weighted by Gasteiger charge is 2.29. The highest BCUT2D eigenvalue weighted by atomic mass is 16.6. The Kier molecular flexibility index (Phi) is 4.96. The molecule has 0 aliphatic heterocycles. The van der Waals surface area contributed by atoms with Crippen LogP contribution in [-0.2, 0) is 4.74 Å². The predicted octanol–water partition coefficient (Wildman–Crippen LogP) is 2.49. The molecule has 1 aliphatic carbocycles. The first kappa shape index (κ1) is 14.8. The van der Waals surface area contributed by atoms with E-state index in [9.17, 15) is 9.90 Å². The van der Waals surface area contributed by atoms with Gasteiger partial charge in [-0.2, -0.15) is 0 Å². The Bertz CT molecular complexity index is 330. The maximum absolute atomic E-state index is 12.1. The highest BCUT2D eigenvalue weighted by molar-refractivity contribution is 5.69. The summed E-state index contributed by atoms with van der Waals surface area (Å²) in [5.41, 5.74) is -0.509. The molecule has 1 N–H and O–H groups in total. The molecule has 2 atom stereocenters. The molecule has 0 aromatic heterocycles. The number of aliphatic hydroxyl groups is 1. The van der Waals surface area contributed by atoms with E-state index in [-0.39, 0.29) is 12.1 Å². The monoisotopic (exact) mass is 253 g/mol. The molecule has 0 unspecified atom stereocenters. The number of carbonyl (C=O) groups is 1. The number of hydrogen-bond acceptors (Lipinski definition) is 3. The summed E-state index contributed by atoms with van der Waals surface area (Å²) in [4.78, 5) is 13.8. The van der Waals surface area contributed by atoms with Crippen LogP contribution >= 0.6 is 0 Å². The molecule has 1 aliphatic rings. The van der Waals surface area contributed by atoms with Gasteiger partial charge in [-0.3, -0.25) is 0 Å². The largest absolute Gasteiger partial charge is 0.444 e. The molecule has 0 fully saturated rings. The van der Waals surface area contributed by atoms with Gasteiger partial charge < -0.3 is 14.7 Å². The van der Waals surface area contributed by atoms with Crippen LogP contribution in [0.25, 0.3) is 0 Å². The molecule has 4 nitrogen and oxygen atoms in total. The van der Waals surface area contributed by atoms with E-state index >= 15 is 0 Å². The number of amides is 1. The molecule has 1 amide bonds. The molecule has 0 heterocycles. The quantitative estimate of drug-likeness (QED) is 0.783. The van der Waals surface area contributed by atoms with Gasteiger partial charge in [-0.1, -0.05) is 18.2 Å². The first-order chi connectivity index (χ1) is 8.33.